The number of hydrogen-bond acceptors (Lipinski definition) is 5. The average Bonchev–Trinajstić information content (AvgIpc) is 2.28. The maximum Gasteiger partial charge on any atom is 0.297 e. The molecular weight excluding hydrogens is 234 g/mol. The predicted octanol–water partition coefficient (Wildman–Crippen LogP) is 1.33. The smallest absolute Gasteiger partial charge is 0.297 e. The highest BCUT2D eigenvalue weighted by atomic mass is 35.5. The number of aromatic nitrogens is 1. The van der Waals surface area contributed by atoms with Crippen LogP contribution in [0.25, 0.3) is 0 Å². The van der Waals surface area contributed by atoms with Crippen molar-refractivity contribution in [1.29, 1.82) is 0 Å². The third-order valence-electron chi connectivity index (χ3n) is 1.36. The maximum atomic E-state index is 11.4. The molecule has 0 radical (unpaired) electrons. The van der Waals surface area contributed by atoms with E-state index in [-0.39, 0.29) is 14.5 Å². The van der Waals surface area contributed by atoms with Crippen LogP contribution in [-0.4, -0.2) is 19.2 Å². The molecule has 0 spiro atoms. The molecule has 0 atom stereocenters. The molecule has 70 valence electrons. The number of nitrogens with zero attached hydrogens (tertiary/aromatic N) is 2. The van der Waals surface area contributed by atoms with E-state index in [9.17, 15) is 8.42 Å². The van der Waals surface area contributed by atoms with E-state index in [0.29, 0.717) is 5.84 Å². The lowest BCUT2D eigenvalue weighted by Crippen LogP contribution is -2.17. The van der Waals surface area contributed by atoms with Gasteiger partial charge in [0.15, 0.2) is 14.5 Å². The SMILES string of the molecule is CC1=NS(=O)(=O)c2sc(Cl)nc2N1. The van der Waals surface area contributed by atoms with Gasteiger partial charge >= 0.3 is 0 Å². The van der Waals surface area contributed by atoms with Crippen LogP contribution in [0.5, 0.6) is 0 Å². The Morgan fingerprint density at radius 3 is 2.92 bits per heavy atom. The first-order valence-electron chi connectivity index (χ1n) is 3.24. The quantitative estimate of drug-likeness (QED) is 0.739. The Morgan fingerprint density at radius 2 is 2.23 bits per heavy atom. The summed E-state index contributed by atoms with van der Waals surface area (Å²) in [7, 11) is -3.57. The van der Waals surface area contributed by atoms with Gasteiger partial charge in [0.05, 0.1) is 0 Å². The van der Waals surface area contributed by atoms with Crippen molar-refractivity contribution in [2.75, 3.05) is 5.32 Å². The summed E-state index contributed by atoms with van der Waals surface area (Å²) in [6.07, 6.45) is 0. The molecule has 0 aromatic carbocycles. The number of nitrogens with one attached hydrogen (secondary N) is 1. The standard InChI is InChI=1S/C5H4ClN3O2S2/c1-2-7-3-4(12-5(6)8-3)13(10,11)9-2/h1H3,(H,7,9). The van der Waals surface area contributed by atoms with Gasteiger partial charge in [-0.15, -0.1) is 4.40 Å². The van der Waals surface area contributed by atoms with Crippen LogP contribution in [0.2, 0.25) is 4.47 Å². The van der Waals surface area contributed by atoms with Crippen LogP contribution in [-0.2, 0) is 10.0 Å². The van der Waals surface area contributed by atoms with E-state index in [0.717, 1.165) is 11.3 Å². The second kappa shape index (κ2) is 2.66. The van der Waals surface area contributed by atoms with E-state index in [2.05, 4.69) is 14.7 Å². The van der Waals surface area contributed by atoms with Gasteiger partial charge in [-0.25, -0.2) is 4.98 Å². The molecule has 0 unspecified atom stereocenters. The van der Waals surface area contributed by atoms with Gasteiger partial charge < -0.3 is 5.32 Å². The number of thiazole rings is 1. The Kier molecular flexibility index (Phi) is 1.83. The highest BCUT2D eigenvalue weighted by molar-refractivity contribution is 7.92. The van der Waals surface area contributed by atoms with E-state index in [1.165, 1.54) is 0 Å². The van der Waals surface area contributed by atoms with Crippen LogP contribution in [0.1, 0.15) is 6.92 Å². The van der Waals surface area contributed by atoms with E-state index in [4.69, 9.17) is 11.6 Å². The monoisotopic (exact) mass is 237 g/mol. The van der Waals surface area contributed by atoms with Crippen LogP contribution >= 0.6 is 22.9 Å². The molecule has 0 bridgehead atoms. The van der Waals surface area contributed by atoms with Crippen molar-refractivity contribution in [3.8, 4) is 0 Å². The van der Waals surface area contributed by atoms with E-state index in [1.807, 2.05) is 0 Å². The number of halogens is 1. The summed E-state index contributed by atoms with van der Waals surface area (Å²) in [6, 6.07) is 0. The number of hydrogen-bond donors (Lipinski definition) is 1. The molecular formula is C5H4ClN3O2S2. The Bertz CT molecular complexity index is 490. The van der Waals surface area contributed by atoms with Gasteiger partial charge in [0.2, 0.25) is 0 Å². The third-order valence-corrected chi connectivity index (χ3v) is 4.37. The van der Waals surface area contributed by atoms with Crippen molar-refractivity contribution in [3.05, 3.63) is 4.47 Å². The van der Waals surface area contributed by atoms with Crippen LogP contribution in [0.3, 0.4) is 0 Å². The summed E-state index contributed by atoms with van der Waals surface area (Å²) in [5.74, 6) is 0.567. The highest BCUT2D eigenvalue weighted by Gasteiger charge is 2.27. The van der Waals surface area contributed by atoms with Crippen LogP contribution in [0, 0.1) is 0 Å². The zero-order chi connectivity index (χ0) is 9.64. The molecule has 0 fully saturated rings. The van der Waals surface area contributed by atoms with Crippen LogP contribution < -0.4 is 5.32 Å². The molecule has 2 rings (SSSR count). The zero-order valence-electron chi connectivity index (χ0n) is 6.41. The largest absolute Gasteiger partial charge is 0.326 e. The second-order valence-electron chi connectivity index (χ2n) is 2.38. The van der Waals surface area contributed by atoms with E-state index < -0.39 is 10.0 Å². The van der Waals surface area contributed by atoms with Crippen molar-refractivity contribution in [2.45, 2.75) is 11.1 Å². The lowest BCUT2D eigenvalue weighted by atomic mass is 10.6. The summed E-state index contributed by atoms with van der Waals surface area (Å²) in [5, 5.41) is 2.72. The summed E-state index contributed by atoms with van der Waals surface area (Å²) < 4.78 is 26.5. The van der Waals surface area contributed by atoms with Crippen LogP contribution in [0.4, 0.5) is 5.82 Å². The van der Waals surface area contributed by atoms with Crippen molar-refractivity contribution in [2.24, 2.45) is 4.40 Å². The Hall–Kier alpha value is -0.660. The minimum Gasteiger partial charge on any atom is -0.326 e. The minimum absolute atomic E-state index is 0.0723. The average molecular weight is 238 g/mol. The van der Waals surface area contributed by atoms with Crippen molar-refractivity contribution in [1.82, 2.24) is 4.98 Å². The highest BCUT2D eigenvalue weighted by Crippen LogP contribution is 2.34. The van der Waals surface area contributed by atoms with Crippen molar-refractivity contribution < 1.29 is 8.42 Å². The number of anilines is 1. The van der Waals surface area contributed by atoms with Gasteiger partial charge in [-0.3, -0.25) is 0 Å². The molecule has 1 aliphatic rings. The molecule has 1 N–H and O–H groups in total. The topological polar surface area (TPSA) is 71.4 Å². The summed E-state index contributed by atoms with van der Waals surface area (Å²) in [5.41, 5.74) is 0. The van der Waals surface area contributed by atoms with Crippen molar-refractivity contribution in [3.63, 3.8) is 0 Å². The van der Waals surface area contributed by atoms with Crippen molar-refractivity contribution >= 4 is 44.6 Å². The number of fused-ring (bicyclic) bond motifs is 1. The Labute approximate surface area is 83.5 Å². The first kappa shape index (κ1) is 8.92. The first-order valence-corrected chi connectivity index (χ1v) is 5.87. The molecule has 13 heavy (non-hydrogen) atoms. The summed E-state index contributed by atoms with van der Waals surface area (Å²) >= 11 is 6.47. The van der Waals surface area contributed by atoms with Gasteiger partial charge in [0.25, 0.3) is 10.0 Å². The summed E-state index contributed by atoms with van der Waals surface area (Å²) in [4.78, 5) is 3.81. The Morgan fingerprint density at radius 1 is 1.54 bits per heavy atom. The lowest BCUT2D eigenvalue weighted by molar-refractivity contribution is 0.599. The van der Waals surface area contributed by atoms with Gasteiger partial charge in [-0.2, -0.15) is 8.42 Å². The first-order chi connectivity index (χ1) is 5.99. The number of rotatable bonds is 0. The fourth-order valence-electron chi connectivity index (χ4n) is 0.951. The molecule has 0 amide bonds. The number of amidine groups is 1. The minimum atomic E-state index is -3.57. The Balaban J connectivity index is 2.71. The molecule has 1 aromatic rings. The molecule has 0 saturated heterocycles. The van der Waals surface area contributed by atoms with E-state index in [1.54, 1.807) is 6.92 Å². The normalized spacial score (nSPS) is 18.8. The lowest BCUT2D eigenvalue weighted by Gasteiger charge is -2.09. The van der Waals surface area contributed by atoms with Gasteiger partial charge in [-0.1, -0.05) is 22.9 Å². The molecule has 5 nitrogen and oxygen atoms in total. The van der Waals surface area contributed by atoms with Crippen LogP contribution in [0.15, 0.2) is 8.61 Å². The molecule has 1 aromatic heterocycles. The molecule has 2 heterocycles. The second-order valence-corrected chi connectivity index (χ2v) is 5.76. The van der Waals surface area contributed by atoms with Gasteiger partial charge in [0.1, 0.15) is 5.84 Å². The zero-order valence-corrected chi connectivity index (χ0v) is 8.79. The number of sulfonamides is 1. The fourth-order valence-corrected chi connectivity index (χ4v) is 3.49. The van der Waals surface area contributed by atoms with E-state index >= 15 is 0 Å². The van der Waals surface area contributed by atoms with Gasteiger partial charge in [-0.05, 0) is 6.92 Å². The molecule has 8 heteroatoms. The maximum absolute atomic E-state index is 11.4. The van der Waals surface area contributed by atoms with Gasteiger partial charge in [0, 0.05) is 0 Å². The molecule has 1 aliphatic heterocycles. The molecule has 0 saturated carbocycles. The summed E-state index contributed by atoms with van der Waals surface area (Å²) in [6.45, 7) is 1.55. The third kappa shape index (κ3) is 1.43. The fraction of sp³-hybridized carbons (Fsp3) is 0.200. The predicted molar refractivity (Wildman–Crippen MR) is 51.0 cm³/mol. The molecule has 0 aliphatic carbocycles.